The van der Waals surface area contributed by atoms with Gasteiger partial charge in [-0.15, -0.1) is 0 Å². The Kier molecular flexibility index (Phi) is 4.10. The minimum atomic E-state index is 0.433. The highest BCUT2D eigenvalue weighted by Gasteiger charge is 2.34. The predicted molar refractivity (Wildman–Crippen MR) is 75.7 cm³/mol. The van der Waals surface area contributed by atoms with Crippen molar-refractivity contribution >= 4 is 0 Å². The van der Waals surface area contributed by atoms with E-state index in [1.165, 1.54) is 25.0 Å². The van der Waals surface area contributed by atoms with E-state index in [0.29, 0.717) is 17.5 Å². The van der Waals surface area contributed by atoms with Crippen molar-refractivity contribution in [3.63, 3.8) is 0 Å². The minimum absolute atomic E-state index is 0.433. The Bertz CT molecular complexity index is 385. The van der Waals surface area contributed by atoms with Crippen LogP contribution in [0, 0.1) is 5.41 Å². The van der Waals surface area contributed by atoms with Gasteiger partial charge in [-0.2, -0.15) is 5.10 Å². The molecular formula is C15H27N3. The van der Waals surface area contributed by atoms with Gasteiger partial charge in [-0.05, 0) is 57.6 Å². The molecule has 1 aromatic rings. The van der Waals surface area contributed by atoms with E-state index < -0.39 is 0 Å². The van der Waals surface area contributed by atoms with E-state index in [1.54, 1.807) is 0 Å². The van der Waals surface area contributed by atoms with Crippen LogP contribution >= 0.6 is 0 Å². The van der Waals surface area contributed by atoms with Gasteiger partial charge in [-0.3, -0.25) is 4.68 Å². The summed E-state index contributed by atoms with van der Waals surface area (Å²) in [4.78, 5) is 0. The lowest BCUT2D eigenvalue weighted by Crippen LogP contribution is -2.24. The van der Waals surface area contributed by atoms with Crippen LogP contribution < -0.4 is 5.32 Å². The summed E-state index contributed by atoms with van der Waals surface area (Å²) in [6.45, 7) is 6.85. The number of aromatic nitrogens is 2. The van der Waals surface area contributed by atoms with Gasteiger partial charge in [0.15, 0.2) is 0 Å². The zero-order chi connectivity index (χ0) is 13.2. The van der Waals surface area contributed by atoms with E-state index in [2.05, 4.69) is 50.1 Å². The largest absolute Gasteiger partial charge is 0.317 e. The molecule has 1 saturated carbocycles. The molecule has 0 saturated heterocycles. The van der Waals surface area contributed by atoms with Gasteiger partial charge in [-0.25, -0.2) is 0 Å². The molecule has 3 unspecified atom stereocenters. The first-order valence-corrected chi connectivity index (χ1v) is 7.27. The molecule has 102 valence electrons. The van der Waals surface area contributed by atoms with Crippen LogP contribution in [-0.4, -0.2) is 22.9 Å². The number of nitrogens with zero attached hydrogens (tertiary/aromatic N) is 2. The third kappa shape index (κ3) is 2.94. The summed E-state index contributed by atoms with van der Waals surface area (Å²) in [5.74, 6) is 0. The Labute approximate surface area is 111 Å². The number of hydrogen-bond acceptors (Lipinski definition) is 2. The lowest BCUT2D eigenvalue weighted by Gasteiger charge is -2.23. The highest BCUT2D eigenvalue weighted by Crippen LogP contribution is 2.40. The van der Waals surface area contributed by atoms with Crippen LogP contribution in [0.25, 0.3) is 0 Å². The van der Waals surface area contributed by atoms with Gasteiger partial charge < -0.3 is 5.32 Å². The molecule has 3 atom stereocenters. The first-order valence-electron chi connectivity index (χ1n) is 7.27. The Morgan fingerprint density at radius 1 is 1.61 bits per heavy atom. The highest BCUT2D eigenvalue weighted by atomic mass is 15.3. The zero-order valence-electron chi connectivity index (χ0n) is 12.2. The molecule has 0 aromatic carbocycles. The molecular weight excluding hydrogens is 222 g/mol. The zero-order valence-corrected chi connectivity index (χ0v) is 12.2. The van der Waals surface area contributed by atoms with Crippen LogP contribution in [0.1, 0.15) is 58.2 Å². The monoisotopic (exact) mass is 249 g/mol. The molecule has 0 spiro atoms. The molecule has 18 heavy (non-hydrogen) atoms. The fraction of sp³-hybridized carbons (Fsp3) is 0.800. The van der Waals surface area contributed by atoms with Gasteiger partial charge in [0.1, 0.15) is 0 Å². The van der Waals surface area contributed by atoms with Gasteiger partial charge in [0.2, 0.25) is 0 Å². The topological polar surface area (TPSA) is 29.9 Å². The normalized spacial score (nSPS) is 29.7. The van der Waals surface area contributed by atoms with E-state index in [4.69, 9.17) is 5.10 Å². The van der Waals surface area contributed by atoms with E-state index >= 15 is 0 Å². The summed E-state index contributed by atoms with van der Waals surface area (Å²) in [6, 6.07) is 3.41. The number of rotatable bonds is 5. The lowest BCUT2D eigenvalue weighted by molar-refractivity contribution is 0.318. The van der Waals surface area contributed by atoms with Crippen molar-refractivity contribution in [2.24, 2.45) is 5.41 Å². The van der Waals surface area contributed by atoms with Crippen molar-refractivity contribution < 1.29 is 0 Å². The van der Waals surface area contributed by atoms with Crippen LogP contribution in [0.15, 0.2) is 12.3 Å². The first kappa shape index (κ1) is 13.6. The van der Waals surface area contributed by atoms with Crippen LogP contribution in [0.4, 0.5) is 0 Å². The second-order valence-electron chi connectivity index (χ2n) is 6.26. The van der Waals surface area contributed by atoms with Gasteiger partial charge >= 0.3 is 0 Å². The fourth-order valence-electron chi connectivity index (χ4n) is 3.07. The number of hydrogen-bond donors (Lipinski definition) is 1. The van der Waals surface area contributed by atoms with Crippen molar-refractivity contribution in [2.75, 3.05) is 7.05 Å². The SMILES string of the molecule is CCC(C)n1ccc(CC2(C)CCC(NC)C2)n1. The predicted octanol–water partition coefficient (Wildman–Crippen LogP) is 3.17. The summed E-state index contributed by atoms with van der Waals surface area (Å²) in [5.41, 5.74) is 1.69. The van der Waals surface area contributed by atoms with Crippen LogP contribution in [-0.2, 0) is 6.42 Å². The van der Waals surface area contributed by atoms with Gasteiger partial charge in [0, 0.05) is 18.3 Å². The van der Waals surface area contributed by atoms with Crippen molar-refractivity contribution in [1.29, 1.82) is 0 Å². The average Bonchev–Trinajstić information content (AvgIpc) is 2.95. The van der Waals surface area contributed by atoms with E-state index in [-0.39, 0.29) is 0 Å². The van der Waals surface area contributed by atoms with Crippen molar-refractivity contribution in [2.45, 2.75) is 65.0 Å². The highest BCUT2D eigenvalue weighted by molar-refractivity contribution is 5.05. The van der Waals surface area contributed by atoms with Crippen molar-refractivity contribution in [3.8, 4) is 0 Å². The lowest BCUT2D eigenvalue weighted by atomic mass is 9.83. The molecule has 0 aliphatic heterocycles. The third-order valence-electron chi connectivity index (χ3n) is 4.56. The van der Waals surface area contributed by atoms with E-state index in [0.717, 1.165) is 12.8 Å². The van der Waals surface area contributed by atoms with Crippen LogP contribution in [0.2, 0.25) is 0 Å². The Morgan fingerprint density at radius 3 is 3.00 bits per heavy atom. The molecule has 0 radical (unpaired) electrons. The molecule has 0 amide bonds. The van der Waals surface area contributed by atoms with E-state index in [9.17, 15) is 0 Å². The van der Waals surface area contributed by atoms with E-state index in [1.807, 2.05) is 0 Å². The average molecular weight is 249 g/mol. The molecule has 1 N–H and O–H groups in total. The van der Waals surface area contributed by atoms with Crippen LogP contribution in [0.5, 0.6) is 0 Å². The molecule has 1 aliphatic carbocycles. The summed E-state index contributed by atoms with van der Waals surface area (Å²) in [6.07, 6.45) is 8.29. The summed E-state index contributed by atoms with van der Waals surface area (Å²) < 4.78 is 2.11. The smallest absolute Gasteiger partial charge is 0.0630 e. The van der Waals surface area contributed by atoms with Gasteiger partial charge in [0.25, 0.3) is 0 Å². The van der Waals surface area contributed by atoms with Crippen LogP contribution in [0.3, 0.4) is 0 Å². The molecule has 2 rings (SSSR count). The molecule has 1 aromatic heterocycles. The molecule has 1 fully saturated rings. The summed E-state index contributed by atoms with van der Waals surface area (Å²) in [5, 5.41) is 8.15. The standard InChI is InChI=1S/C15H27N3/c1-5-12(2)18-9-7-14(17-18)11-15(3)8-6-13(10-15)16-4/h7,9,12-13,16H,5-6,8,10-11H2,1-4H3. The second kappa shape index (κ2) is 5.43. The molecule has 3 nitrogen and oxygen atoms in total. The fourth-order valence-corrected chi connectivity index (χ4v) is 3.07. The Hall–Kier alpha value is -0.830. The second-order valence-corrected chi connectivity index (χ2v) is 6.26. The maximum atomic E-state index is 4.74. The quantitative estimate of drug-likeness (QED) is 0.868. The third-order valence-corrected chi connectivity index (χ3v) is 4.56. The maximum absolute atomic E-state index is 4.74. The number of nitrogens with one attached hydrogen (secondary N) is 1. The van der Waals surface area contributed by atoms with Crippen molar-refractivity contribution in [1.82, 2.24) is 15.1 Å². The Balaban J connectivity index is 1.99. The summed E-state index contributed by atoms with van der Waals surface area (Å²) >= 11 is 0. The van der Waals surface area contributed by atoms with Crippen molar-refractivity contribution in [3.05, 3.63) is 18.0 Å². The minimum Gasteiger partial charge on any atom is -0.317 e. The van der Waals surface area contributed by atoms with Gasteiger partial charge in [-0.1, -0.05) is 13.8 Å². The summed E-state index contributed by atoms with van der Waals surface area (Å²) in [7, 11) is 2.08. The first-order chi connectivity index (χ1) is 8.56. The molecule has 0 bridgehead atoms. The molecule has 1 heterocycles. The molecule has 1 aliphatic rings. The Morgan fingerprint density at radius 2 is 2.39 bits per heavy atom. The maximum Gasteiger partial charge on any atom is 0.0630 e. The van der Waals surface area contributed by atoms with Gasteiger partial charge in [0.05, 0.1) is 5.69 Å². The molecule has 3 heteroatoms.